The van der Waals surface area contributed by atoms with E-state index in [1.165, 1.54) is 23.3 Å². The number of carbonyl (C=O) groups is 1. The number of thiocarbonyl (C=S) groups is 1. The summed E-state index contributed by atoms with van der Waals surface area (Å²) in [6.45, 7) is 7.43. The Labute approximate surface area is 170 Å². The van der Waals surface area contributed by atoms with Crippen molar-refractivity contribution in [3.05, 3.63) is 59.4 Å². The topological polar surface area (TPSA) is 47.6 Å². The maximum absolute atomic E-state index is 13.2. The first-order valence-corrected chi connectivity index (χ1v) is 9.73. The van der Waals surface area contributed by atoms with E-state index in [2.05, 4.69) is 40.3 Å². The Morgan fingerprint density at radius 3 is 2.50 bits per heavy atom. The van der Waals surface area contributed by atoms with Crippen LogP contribution in [0.2, 0.25) is 0 Å². The summed E-state index contributed by atoms with van der Waals surface area (Å²) in [4.78, 5) is 16.4. The third-order valence-corrected chi connectivity index (χ3v) is 5.34. The predicted molar refractivity (Wildman–Crippen MR) is 115 cm³/mol. The molecule has 1 heterocycles. The summed E-state index contributed by atoms with van der Waals surface area (Å²) in [6, 6.07) is 12.0. The Hall–Kier alpha value is -2.51. The fraction of sp³-hybridized carbons (Fsp3) is 0.333. The largest absolute Gasteiger partial charge is 0.346 e. The molecule has 2 aromatic rings. The monoisotopic (exact) mass is 400 g/mol. The number of nitrogens with zero attached hydrogens (tertiary/aromatic N) is 2. The maximum atomic E-state index is 13.2. The van der Waals surface area contributed by atoms with Crippen molar-refractivity contribution in [1.29, 1.82) is 0 Å². The number of carbonyl (C=O) groups excluding carboxylic acids is 1. The number of aryl methyl sites for hydroxylation is 1. The molecule has 1 aliphatic heterocycles. The van der Waals surface area contributed by atoms with Gasteiger partial charge in [0, 0.05) is 37.6 Å². The third kappa shape index (κ3) is 5.27. The van der Waals surface area contributed by atoms with Gasteiger partial charge in [-0.25, -0.2) is 4.39 Å². The van der Waals surface area contributed by atoms with E-state index >= 15 is 0 Å². The Kier molecular flexibility index (Phi) is 6.59. The van der Waals surface area contributed by atoms with Gasteiger partial charge in [-0.2, -0.15) is 0 Å². The van der Waals surface area contributed by atoms with E-state index in [1.807, 2.05) is 12.1 Å². The Balaban J connectivity index is 1.46. The van der Waals surface area contributed by atoms with Crippen molar-refractivity contribution < 1.29 is 9.18 Å². The number of hydrogen-bond donors (Lipinski definition) is 2. The smallest absolute Gasteiger partial charge is 0.238 e. The fourth-order valence-electron chi connectivity index (χ4n) is 3.16. The van der Waals surface area contributed by atoms with Crippen LogP contribution in [0.3, 0.4) is 0 Å². The van der Waals surface area contributed by atoms with Gasteiger partial charge in [0.1, 0.15) is 5.82 Å². The molecule has 0 atom stereocenters. The number of amides is 1. The molecule has 0 unspecified atom stereocenters. The number of piperazine rings is 1. The highest BCUT2D eigenvalue weighted by molar-refractivity contribution is 7.80. The average Bonchev–Trinajstić information content (AvgIpc) is 2.66. The van der Waals surface area contributed by atoms with Gasteiger partial charge in [-0.15, -0.1) is 0 Å². The summed E-state index contributed by atoms with van der Waals surface area (Å²) in [5.41, 5.74) is 3.92. The molecule has 2 N–H and O–H groups in total. The van der Waals surface area contributed by atoms with E-state index in [0.29, 0.717) is 10.8 Å². The van der Waals surface area contributed by atoms with Crippen molar-refractivity contribution in [1.82, 2.24) is 9.80 Å². The Morgan fingerprint density at radius 1 is 1.07 bits per heavy atom. The number of rotatable bonds is 4. The van der Waals surface area contributed by atoms with Crippen LogP contribution >= 0.6 is 12.2 Å². The van der Waals surface area contributed by atoms with E-state index in [9.17, 15) is 9.18 Å². The van der Waals surface area contributed by atoms with Crippen LogP contribution in [0.4, 0.5) is 15.8 Å². The van der Waals surface area contributed by atoms with Gasteiger partial charge in [0.2, 0.25) is 5.91 Å². The molecule has 0 spiro atoms. The average molecular weight is 401 g/mol. The zero-order valence-corrected chi connectivity index (χ0v) is 17.0. The summed E-state index contributed by atoms with van der Waals surface area (Å²) in [7, 11) is 0. The van der Waals surface area contributed by atoms with E-state index in [-0.39, 0.29) is 18.3 Å². The van der Waals surface area contributed by atoms with Gasteiger partial charge < -0.3 is 15.5 Å². The minimum Gasteiger partial charge on any atom is -0.346 e. The molecule has 0 radical (unpaired) electrons. The van der Waals surface area contributed by atoms with Crippen LogP contribution in [-0.4, -0.2) is 53.5 Å². The highest BCUT2D eigenvalue weighted by Gasteiger charge is 2.21. The van der Waals surface area contributed by atoms with Crippen LogP contribution in [0, 0.1) is 19.7 Å². The van der Waals surface area contributed by atoms with E-state index < -0.39 is 0 Å². The van der Waals surface area contributed by atoms with Crippen LogP contribution < -0.4 is 10.6 Å². The molecule has 1 aliphatic rings. The summed E-state index contributed by atoms with van der Waals surface area (Å²) in [5, 5.41) is 6.78. The lowest BCUT2D eigenvalue weighted by Crippen LogP contribution is -2.51. The van der Waals surface area contributed by atoms with Crippen LogP contribution in [0.5, 0.6) is 0 Å². The van der Waals surface area contributed by atoms with Gasteiger partial charge in [0.05, 0.1) is 6.54 Å². The minimum absolute atomic E-state index is 0.143. The molecule has 28 heavy (non-hydrogen) atoms. The molecular weight excluding hydrogens is 375 g/mol. The first-order valence-electron chi connectivity index (χ1n) is 9.32. The summed E-state index contributed by atoms with van der Waals surface area (Å²) in [5.74, 6) is -0.508. The summed E-state index contributed by atoms with van der Waals surface area (Å²) < 4.78 is 13.2. The van der Waals surface area contributed by atoms with Crippen molar-refractivity contribution in [3.8, 4) is 0 Å². The molecule has 1 fully saturated rings. The highest BCUT2D eigenvalue weighted by Crippen LogP contribution is 2.19. The van der Waals surface area contributed by atoms with Gasteiger partial charge in [-0.1, -0.05) is 18.2 Å². The maximum Gasteiger partial charge on any atom is 0.238 e. The zero-order chi connectivity index (χ0) is 20.1. The van der Waals surface area contributed by atoms with Gasteiger partial charge >= 0.3 is 0 Å². The third-order valence-electron chi connectivity index (χ3n) is 4.98. The second-order valence-corrected chi connectivity index (χ2v) is 7.39. The lowest BCUT2D eigenvalue weighted by molar-refractivity contribution is -0.117. The van der Waals surface area contributed by atoms with Gasteiger partial charge in [0.25, 0.3) is 0 Å². The highest BCUT2D eigenvalue weighted by atomic mass is 32.1. The van der Waals surface area contributed by atoms with Crippen LogP contribution in [0.25, 0.3) is 0 Å². The normalized spacial score (nSPS) is 14.6. The molecule has 0 bridgehead atoms. The molecule has 2 aromatic carbocycles. The van der Waals surface area contributed by atoms with Crippen molar-refractivity contribution in [2.75, 3.05) is 43.4 Å². The quantitative estimate of drug-likeness (QED) is 0.771. The first kappa shape index (κ1) is 20.2. The fourth-order valence-corrected chi connectivity index (χ4v) is 3.45. The molecule has 0 saturated carbocycles. The molecular formula is C21H25FN4OS. The molecule has 7 heteroatoms. The standard InChI is InChI=1S/C21H25FN4OS/c1-15-5-3-8-19(16(15)2)24-21(28)26-11-9-25(10-12-26)14-20(27)23-18-7-4-6-17(22)13-18/h3-8,13H,9-12,14H2,1-2H3,(H,23,27)(H,24,28). The lowest BCUT2D eigenvalue weighted by atomic mass is 10.1. The first-order chi connectivity index (χ1) is 13.4. The van der Waals surface area contributed by atoms with Crippen molar-refractivity contribution in [3.63, 3.8) is 0 Å². The lowest BCUT2D eigenvalue weighted by Gasteiger charge is -2.36. The molecule has 148 valence electrons. The van der Waals surface area contributed by atoms with Crippen molar-refractivity contribution >= 4 is 34.6 Å². The van der Waals surface area contributed by atoms with Gasteiger partial charge in [-0.3, -0.25) is 9.69 Å². The summed E-state index contributed by atoms with van der Waals surface area (Å²) in [6.07, 6.45) is 0. The van der Waals surface area contributed by atoms with Crippen molar-refractivity contribution in [2.24, 2.45) is 0 Å². The number of halogens is 1. The summed E-state index contributed by atoms with van der Waals surface area (Å²) >= 11 is 5.57. The SMILES string of the molecule is Cc1cccc(NC(=S)N2CCN(CC(=O)Nc3cccc(F)c3)CC2)c1C. The molecule has 5 nitrogen and oxygen atoms in total. The Morgan fingerprint density at radius 2 is 1.79 bits per heavy atom. The molecule has 0 aromatic heterocycles. The number of anilines is 2. The number of nitrogens with one attached hydrogen (secondary N) is 2. The predicted octanol–water partition coefficient (Wildman–Crippen LogP) is 3.40. The second-order valence-electron chi connectivity index (χ2n) is 7.00. The van der Waals surface area contributed by atoms with Crippen molar-refractivity contribution in [2.45, 2.75) is 13.8 Å². The second kappa shape index (κ2) is 9.12. The van der Waals surface area contributed by atoms with E-state index in [4.69, 9.17) is 12.2 Å². The van der Waals surface area contributed by atoms with Crippen LogP contribution in [0.15, 0.2) is 42.5 Å². The molecule has 1 saturated heterocycles. The number of benzene rings is 2. The zero-order valence-electron chi connectivity index (χ0n) is 16.2. The number of hydrogen-bond acceptors (Lipinski definition) is 3. The van der Waals surface area contributed by atoms with Gasteiger partial charge in [0.15, 0.2) is 5.11 Å². The minimum atomic E-state index is -0.365. The van der Waals surface area contributed by atoms with Crippen LogP contribution in [-0.2, 0) is 4.79 Å². The van der Waals surface area contributed by atoms with Crippen LogP contribution in [0.1, 0.15) is 11.1 Å². The van der Waals surface area contributed by atoms with Gasteiger partial charge in [-0.05, 0) is 61.5 Å². The molecule has 0 aliphatic carbocycles. The Bertz CT molecular complexity index is 865. The van der Waals surface area contributed by atoms with E-state index in [0.717, 1.165) is 31.9 Å². The molecule has 1 amide bonds. The molecule has 3 rings (SSSR count). The van der Waals surface area contributed by atoms with E-state index in [1.54, 1.807) is 12.1 Å².